The highest BCUT2D eigenvalue weighted by atomic mass is 127. The Morgan fingerprint density at radius 1 is 1.60 bits per heavy atom. The number of nitrogens with zero attached hydrogens (tertiary/aromatic N) is 1. The van der Waals surface area contributed by atoms with Gasteiger partial charge in [-0.25, -0.2) is 0 Å². The minimum absolute atomic E-state index is 0. The highest BCUT2D eigenvalue weighted by molar-refractivity contribution is 14.1. The molecule has 0 unspecified atom stereocenters. The monoisotopic (exact) mass is 289 g/mol. The number of halogens is 3. The van der Waals surface area contributed by atoms with Gasteiger partial charge in [-0.3, -0.25) is 0 Å². The fourth-order valence-electron chi connectivity index (χ4n) is 0.559. The molecule has 0 fully saturated rings. The zero-order chi connectivity index (χ0) is 6.85. The van der Waals surface area contributed by atoms with Crippen molar-refractivity contribution in [1.29, 1.82) is 0 Å². The molecule has 10 heavy (non-hydrogen) atoms. The summed E-state index contributed by atoms with van der Waals surface area (Å²) in [6.07, 6.45) is 1.92. The van der Waals surface area contributed by atoms with Crippen LogP contribution >= 0.6 is 34.2 Å². The standard InChI is InChI=1S/C6H6ClIN.ClH/c1-9-4-2-3-5(8)6(9)7;/h2-4H,1H3;1H/q+1;/p-1. The van der Waals surface area contributed by atoms with Crippen LogP contribution in [-0.4, -0.2) is 0 Å². The van der Waals surface area contributed by atoms with Gasteiger partial charge in [0.25, 0.3) is 5.15 Å². The Bertz CT molecular complexity index is 207. The van der Waals surface area contributed by atoms with Crippen molar-refractivity contribution in [2.75, 3.05) is 0 Å². The maximum Gasteiger partial charge on any atom is 0.288 e. The maximum atomic E-state index is 5.83. The molecule has 1 heterocycles. The fourth-order valence-corrected chi connectivity index (χ4v) is 1.27. The summed E-state index contributed by atoms with van der Waals surface area (Å²) in [5.74, 6) is 0. The molecule has 0 saturated carbocycles. The molecular formula is C6H6Cl2IN. The molecule has 0 aliphatic carbocycles. The van der Waals surface area contributed by atoms with E-state index in [1.807, 2.05) is 29.9 Å². The molecule has 1 aromatic heterocycles. The lowest BCUT2D eigenvalue weighted by atomic mass is 10.5. The molecule has 0 spiro atoms. The largest absolute Gasteiger partial charge is 1.00 e. The van der Waals surface area contributed by atoms with Crippen LogP contribution in [-0.2, 0) is 7.05 Å². The molecule has 0 amide bonds. The predicted molar refractivity (Wildman–Crippen MR) is 45.3 cm³/mol. The first-order valence-electron chi connectivity index (χ1n) is 2.51. The van der Waals surface area contributed by atoms with Gasteiger partial charge in [0.05, 0.1) is 3.57 Å². The lowest BCUT2D eigenvalue weighted by Crippen LogP contribution is -3.00. The van der Waals surface area contributed by atoms with E-state index in [1.54, 1.807) is 0 Å². The van der Waals surface area contributed by atoms with Gasteiger partial charge in [-0.15, -0.1) is 0 Å². The number of pyridine rings is 1. The van der Waals surface area contributed by atoms with Gasteiger partial charge < -0.3 is 12.4 Å². The molecule has 0 aliphatic rings. The van der Waals surface area contributed by atoms with Gasteiger partial charge in [-0.2, -0.15) is 4.57 Å². The van der Waals surface area contributed by atoms with Crippen molar-refractivity contribution in [2.45, 2.75) is 0 Å². The van der Waals surface area contributed by atoms with Gasteiger partial charge >= 0.3 is 0 Å². The number of aromatic nitrogens is 1. The molecule has 0 N–H and O–H groups in total. The van der Waals surface area contributed by atoms with Crippen molar-refractivity contribution in [3.8, 4) is 0 Å². The second-order valence-electron chi connectivity index (χ2n) is 1.76. The van der Waals surface area contributed by atoms with Crippen LogP contribution in [0.5, 0.6) is 0 Å². The molecule has 4 heteroatoms. The van der Waals surface area contributed by atoms with Crippen molar-refractivity contribution in [3.05, 3.63) is 27.1 Å². The van der Waals surface area contributed by atoms with E-state index in [-0.39, 0.29) is 12.4 Å². The first-order valence-corrected chi connectivity index (χ1v) is 3.97. The zero-order valence-corrected chi connectivity index (χ0v) is 8.98. The van der Waals surface area contributed by atoms with Crippen molar-refractivity contribution in [2.24, 2.45) is 7.05 Å². The Morgan fingerprint density at radius 2 is 2.20 bits per heavy atom. The van der Waals surface area contributed by atoms with E-state index in [2.05, 4.69) is 22.6 Å². The first-order chi connectivity index (χ1) is 4.22. The van der Waals surface area contributed by atoms with Crippen molar-refractivity contribution in [1.82, 2.24) is 0 Å². The van der Waals surface area contributed by atoms with E-state index in [9.17, 15) is 0 Å². The minimum atomic E-state index is 0. The molecule has 0 radical (unpaired) electrons. The fraction of sp³-hybridized carbons (Fsp3) is 0.167. The molecule has 56 valence electrons. The highest BCUT2D eigenvalue weighted by Gasteiger charge is 2.04. The quantitative estimate of drug-likeness (QED) is 0.320. The average Bonchev–Trinajstić information content (AvgIpc) is 1.83. The number of aryl methyl sites for hydroxylation is 1. The summed E-state index contributed by atoms with van der Waals surface area (Å²) in [7, 11) is 1.92. The third-order valence-corrected chi connectivity index (χ3v) is 2.72. The van der Waals surface area contributed by atoms with Gasteiger partial charge in [0.2, 0.25) is 0 Å². The van der Waals surface area contributed by atoms with Crippen LogP contribution in [0.15, 0.2) is 18.3 Å². The van der Waals surface area contributed by atoms with Crippen LogP contribution in [0.2, 0.25) is 5.15 Å². The molecule has 0 aliphatic heterocycles. The summed E-state index contributed by atoms with van der Waals surface area (Å²) < 4.78 is 2.96. The Morgan fingerprint density at radius 3 is 2.60 bits per heavy atom. The highest BCUT2D eigenvalue weighted by Crippen LogP contribution is 2.10. The summed E-state index contributed by atoms with van der Waals surface area (Å²) >= 11 is 8.03. The summed E-state index contributed by atoms with van der Waals surface area (Å²) in [6.45, 7) is 0. The predicted octanol–water partition coefficient (Wildman–Crippen LogP) is -1.23. The van der Waals surface area contributed by atoms with E-state index < -0.39 is 0 Å². The summed E-state index contributed by atoms with van der Waals surface area (Å²) in [5.41, 5.74) is 0. The summed E-state index contributed by atoms with van der Waals surface area (Å²) in [5, 5.41) is 0.790. The smallest absolute Gasteiger partial charge is 0.288 e. The molecule has 1 aromatic rings. The Labute approximate surface area is 84.9 Å². The van der Waals surface area contributed by atoms with Gasteiger partial charge in [0.15, 0.2) is 6.20 Å². The Balaban J connectivity index is 0.000000810. The van der Waals surface area contributed by atoms with Crippen LogP contribution in [0.4, 0.5) is 0 Å². The van der Waals surface area contributed by atoms with Gasteiger partial charge in [0.1, 0.15) is 7.05 Å². The number of hydrogen-bond donors (Lipinski definition) is 0. The van der Waals surface area contributed by atoms with E-state index in [0.717, 1.165) is 8.72 Å². The summed E-state index contributed by atoms with van der Waals surface area (Å²) in [6, 6.07) is 3.94. The van der Waals surface area contributed by atoms with E-state index in [1.165, 1.54) is 0 Å². The normalized spacial score (nSPS) is 8.70. The van der Waals surface area contributed by atoms with Crippen LogP contribution in [0, 0.1) is 3.57 Å². The Hall–Kier alpha value is 0.460. The topological polar surface area (TPSA) is 3.88 Å². The summed E-state index contributed by atoms with van der Waals surface area (Å²) in [4.78, 5) is 0. The van der Waals surface area contributed by atoms with Gasteiger partial charge in [0, 0.05) is 6.07 Å². The molecule has 1 rings (SSSR count). The molecule has 0 aromatic carbocycles. The van der Waals surface area contributed by atoms with Gasteiger partial charge in [-0.05, 0) is 40.3 Å². The van der Waals surface area contributed by atoms with Crippen LogP contribution in [0.25, 0.3) is 0 Å². The second kappa shape index (κ2) is 4.36. The average molecular weight is 290 g/mol. The molecule has 0 saturated heterocycles. The van der Waals surface area contributed by atoms with E-state index in [0.29, 0.717) is 0 Å². The van der Waals surface area contributed by atoms with Crippen LogP contribution in [0.3, 0.4) is 0 Å². The Kier molecular flexibility index (Phi) is 4.56. The van der Waals surface area contributed by atoms with Crippen LogP contribution in [0.1, 0.15) is 0 Å². The zero-order valence-electron chi connectivity index (χ0n) is 5.31. The third-order valence-electron chi connectivity index (χ3n) is 1.06. The van der Waals surface area contributed by atoms with Crippen molar-refractivity contribution < 1.29 is 17.0 Å². The van der Waals surface area contributed by atoms with Crippen molar-refractivity contribution in [3.63, 3.8) is 0 Å². The minimum Gasteiger partial charge on any atom is -1.00 e. The van der Waals surface area contributed by atoms with E-state index >= 15 is 0 Å². The lowest BCUT2D eigenvalue weighted by Gasteiger charge is -1.90. The molecule has 0 bridgehead atoms. The third kappa shape index (κ3) is 2.25. The molecule has 1 nitrogen and oxygen atoms in total. The lowest BCUT2D eigenvalue weighted by molar-refractivity contribution is -0.669. The first kappa shape index (κ1) is 10.5. The molecular weight excluding hydrogens is 284 g/mol. The number of rotatable bonds is 0. The van der Waals surface area contributed by atoms with E-state index in [4.69, 9.17) is 11.6 Å². The molecule has 0 atom stereocenters. The van der Waals surface area contributed by atoms with Crippen molar-refractivity contribution >= 4 is 34.2 Å². The van der Waals surface area contributed by atoms with Crippen LogP contribution < -0.4 is 17.0 Å². The number of hydrogen-bond acceptors (Lipinski definition) is 0. The van der Waals surface area contributed by atoms with Gasteiger partial charge in [-0.1, -0.05) is 0 Å². The SMILES string of the molecule is C[n+]1cccc(I)c1Cl.[Cl-]. The maximum absolute atomic E-state index is 5.83. The second-order valence-corrected chi connectivity index (χ2v) is 3.28.